The Morgan fingerprint density at radius 2 is 1.59 bits per heavy atom. The highest BCUT2D eigenvalue weighted by Crippen LogP contribution is 2.34. The van der Waals surface area contributed by atoms with E-state index in [0.717, 1.165) is 59.4 Å². The van der Waals surface area contributed by atoms with Crippen molar-refractivity contribution in [3.63, 3.8) is 0 Å². The SMILES string of the molecule is COc1ccc(OC)c(N(CC(=O)N(Cc2ccc(C)cc2)C(Cc2ccccc2)C(=O)NC2CCCCC2)S(C)(=O)=O)c1. The number of rotatable bonds is 13. The average Bonchev–Trinajstić information content (AvgIpc) is 3.02. The molecule has 2 amide bonds. The number of anilines is 1. The van der Waals surface area contributed by atoms with Gasteiger partial charge in [0.2, 0.25) is 21.8 Å². The number of hydrogen-bond donors (Lipinski definition) is 1. The Bertz CT molecular complexity index is 1510. The molecule has 0 heterocycles. The molecular weight excluding hydrogens is 578 g/mol. The van der Waals surface area contributed by atoms with Crippen LogP contribution in [0.15, 0.2) is 72.8 Å². The molecule has 9 nitrogen and oxygen atoms in total. The molecule has 236 valence electrons. The standard InChI is InChI=1S/C34H43N3O6S/c1-25-15-17-27(18-16-25)23-36(31(21-26-11-7-5-8-12-26)34(39)35-28-13-9-6-10-14-28)33(38)24-37(44(4,40)41)30-22-29(42-2)19-20-32(30)43-3/h5,7-8,11-12,15-20,22,28,31H,6,9-10,13-14,21,23-24H2,1-4H3,(H,35,39). The van der Waals surface area contributed by atoms with Gasteiger partial charge in [0.05, 0.1) is 26.2 Å². The predicted octanol–water partition coefficient (Wildman–Crippen LogP) is 4.87. The highest BCUT2D eigenvalue weighted by atomic mass is 32.2. The van der Waals surface area contributed by atoms with Crippen molar-refractivity contribution in [1.29, 1.82) is 0 Å². The van der Waals surface area contributed by atoms with E-state index >= 15 is 0 Å². The van der Waals surface area contributed by atoms with Gasteiger partial charge in [-0.2, -0.15) is 0 Å². The van der Waals surface area contributed by atoms with Gasteiger partial charge in [-0.3, -0.25) is 13.9 Å². The van der Waals surface area contributed by atoms with Gasteiger partial charge >= 0.3 is 0 Å². The maximum atomic E-state index is 14.4. The summed E-state index contributed by atoms with van der Waals surface area (Å²) in [5.74, 6) is -0.0797. The van der Waals surface area contributed by atoms with Crippen molar-refractivity contribution in [3.05, 3.63) is 89.5 Å². The summed E-state index contributed by atoms with van der Waals surface area (Å²) in [5, 5.41) is 3.22. The molecule has 1 N–H and O–H groups in total. The van der Waals surface area contributed by atoms with E-state index in [1.54, 1.807) is 12.1 Å². The lowest BCUT2D eigenvalue weighted by Gasteiger charge is -2.35. The first-order chi connectivity index (χ1) is 21.1. The molecular formula is C34H43N3O6S. The minimum Gasteiger partial charge on any atom is -0.497 e. The monoisotopic (exact) mass is 621 g/mol. The van der Waals surface area contributed by atoms with E-state index in [1.807, 2.05) is 61.5 Å². The number of amides is 2. The lowest BCUT2D eigenvalue weighted by molar-refractivity contribution is -0.140. The molecule has 0 spiro atoms. The van der Waals surface area contributed by atoms with Gasteiger partial charge in [0.25, 0.3) is 0 Å². The molecule has 1 aliphatic rings. The van der Waals surface area contributed by atoms with Crippen LogP contribution in [0.1, 0.15) is 48.8 Å². The largest absolute Gasteiger partial charge is 0.497 e. The summed E-state index contributed by atoms with van der Waals surface area (Å²) in [7, 11) is -1.05. The fourth-order valence-corrected chi connectivity index (χ4v) is 6.42. The van der Waals surface area contributed by atoms with Crippen LogP contribution in [0, 0.1) is 6.92 Å². The van der Waals surface area contributed by atoms with Crippen LogP contribution < -0.4 is 19.1 Å². The van der Waals surface area contributed by atoms with Gasteiger partial charge in [0.15, 0.2) is 0 Å². The first-order valence-corrected chi connectivity index (χ1v) is 16.8. The molecule has 10 heteroatoms. The second-order valence-corrected chi connectivity index (χ2v) is 13.3. The number of nitrogens with zero attached hydrogens (tertiary/aromatic N) is 2. The molecule has 4 rings (SSSR count). The summed E-state index contributed by atoms with van der Waals surface area (Å²) in [4.78, 5) is 30.0. The second kappa shape index (κ2) is 15.1. The Morgan fingerprint density at radius 3 is 2.20 bits per heavy atom. The van der Waals surface area contributed by atoms with Crippen LogP contribution >= 0.6 is 0 Å². The molecule has 0 aromatic heterocycles. The molecule has 0 aliphatic heterocycles. The van der Waals surface area contributed by atoms with Crippen LogP contribution in [0.3, 0.4) is 0 Å². The van der Waals surface area contributed by atoms with E-state index in [1.165, 1.54) is 25.2 Å². The average molecular weight is 622 g/mol. The quantitative estimate of drug-likeness (QED) is 0.292. The van der Waals surface area contributed by atoms with E-state index in [-0.39, 0.29) is 36.4 Å². The lowest BCUT2D eigenvalue weighted by atomic mass is 9.94. The topological polar surface area (TPSA) is 105 Å². The number of methoxy groups -OCH3 is 2. The number of sulfonamides is 1. The Labute approximate surface area is 261 Å². The lowest BCUT2D eigenvalue weighted by Crippen LogP contribution is -2.55. The van der Waals surface area contributed by atoms with Crippen molar-refractivity contribution < 1.29 is 27.5 Å². The smallest absolute Gasteiger partial charge is 0.244 e. The minimum atomic E-state index is -3.96. The third-order valence-corrected chi connectivity index (χ3v) is 9.16. The maximum absolute atomic E-state index is 14.4. The summed E-state index contributed by atoms with van der Waals surface area (Å²) in [6, 6.07) is 21.3. The zero-order valence-electron chi connectivity index (χ0n) is 26.0. The molecule has 1 aliphatic carbocycles. The Kier molecular flexibility index (Phi) is 11.3. The maximum Gasteiger partial charge on any atom is 0.244 e. The highest BCUT2D eigenvalue weighted by molar-refractivity contribution is 7.92. The summed E-state index contributed by atoms with van der Waals surface area (Å²) in [6.45, 7) is 1.58. The van der Waals surface area contributed by atoms with Crippen LogP contribution in [0.4, 0.5) is 5.69 Å². The van der Waals surface area contributed by atoms with Crippen molar-refractivity contribution in [2.45, 2.75) is 64.1 Å². The number of ether oxygens (including phenoxy) is 2. The zero-order valence-corrected chi connectivity index (χ0v) is 26.8. The molecule has 1 unspecified atom stereocenters. The summed E-state index contributed by atoms with van der Waals surface area (Å²) < 4.78 is 38.2. The van der Waals surface area contributed by atoms with Crippen LogP contribution in [0.2, 0.25) is 0 Å². The van der Waals surface area contributed by atoms with Gasteiger partial charge in [-0.1, -0.05) is 79.4 Å². The van der Waals surface area contributed by atoms with Crippen LogP contribution in [0.5, 0.6) is 11.5 Å². The van der Waals surface area contributed by atoms with Crippen molar-refractivity contribution in [1.82, 2.24) is 10.2 Å². The molecule has 3 aromatic carbocycles. The Morgan fingerprint density at radius 1 is 0.909 bits per heavy atom. The van der Waals surface area contributed by atoms with Gasteiger partial charge in [-0.15, -0.1) is 0 Å². The third-order valence-electron chi connectivity index (χ3n) is 8.03. The van der Waals surface area contributed by atoms with Crippen LogP contribution in [-0.4, -0.2) is 64.2 Å². The van der Waals surface area contributed by atoms with Crippen molar-refractivity contribution in [2.24, 2.45) is 0 Å². The fourth-order valence-electron chi connectivity index (χ4n) is 5.57. The number of carbonyl (C=O) groups is 2. The van der Waals surface area contributed by atoms with Crippen LogP contribution in [-0.2, 0) is 32.6 Å². The van der Waals surface area contributed by atoms with E-state index in [9.17, 15) is 18.0 Å². The van der Waals surface area contributed by atoms with Crippen LogP contribution in [0.25, 0.3) is 0 Å². The molecule has 1 atom stereocenters. The number of hydrogen-bond acceptors (Lipinski definition) is 6. The van der Waals surface area contributed by atoms with E-state index in [0.29, 0.717) is 5.75 Å². The van der Waals surface area contributed by atoms with Crippen molar-refractivity contribution >= 4 is 27.5 Å². The van der Waals surface area contributed by atoms with Gasteiger partial charge in [-0.05, 0) is 43.0 Å². The number of nitrogens with one attached hydrogen (secondary N) is 1. The molecule has 1 saturated carbocycles. The second-order valence-electron chi connectivity index (χ2n) is 11.4. The summed E-state index contributed by atoms with van der Waals surface area (Å²) >= 11 is 0. The molecule has 0 bridgehead atoms. The van der Waals surface area contributed by atoms with Gasteiger partial charge in [0.1, 0.15) is 24.1 Å². The van der Waals surface area contributed by atoms with Gasteiger partial charge < -0.3 is 19.7 Å². The first-order valence-electron chi connectivity index (χ1n) is 15.0. The minimum absolute atomic E-state index is 0.0411. The Balaban J connectivity index is 1.75. The molecule has 44 heavy (non-hydrogen) atoms. The number of carbonyl (C=O) groups excluding carboxylic acids is 2. The zero-order chi connectivity index (χ0) is 31.7. The highest BCUT2D eigenvalue weighted by Gasteiger charge is 2.34. The first kappa shape index (κ1) is 32.9. The Hall–Kier alpha value is -4.05. The third kappa shape index (κ3) is 8.75. The number of benzene rings is 3. The number of aryl methyl sites for hydroxylation is 1. The van der Waals surface area contributed by atoms with E-state index < -0.39 is 28.5 Å². The molecule has 0 saturated heterocycles. The summed E-state index contributed by atoms with van der Waals surface area (Å²) in [5.41, 5.74) is 2.96. The normalized spacial score (nSPS) is 14.4. The summed E-state index contributed by atoms with van der Waals surface area (Å²) in [6.07, 6.45) is 6.35. The molecule has 1 fully saturated rings. The van der Waals surface area contributed by atoms with Crippen molar-refractivity contribution in [3.8, 4) is 11.5 Å². The fraction of sp³-hybridized carbons (Fsp3) is 0.412. The van der Waals surface area contributed by atoms with E-state index in [2.05, 4.69) is 5.32 Å². The van der Waals surface area contributed by atoms with Crippen molar-refractivity contribution in [2.75, 3.05) is 31.3 Å². The van der Waals surface area contributed by atoms with Gasteiger partial charge in [-0.25, -0.2) is 8.42 Å². The van der Waals surface area contributed by atoms with Gasteiger partial charge in [0, 0.05) is 25.1 Å². The van der Waals surface area contributed by atoms with E-state index in [4.69, 9.17) is 9.47 Å². The molecule has 0 radical (unpaired) electrons. The predicted molar refractivity (Wildman–Crippen MR) is 172 cm³/mol. The molecule has 3 aromatic rings.